The highest BCUT2D eigenvalue weighted by Crippen LogP contribution is 2.36. The molecule has 0 bridgehead atoms. The van der Waals surface area contributed by atoms with Gasteiger partial charge in [-0.2, -0.15) is 5.10 Å². The Balaban J connectivity index is 0.796. The first-order valence-corrected chi connectivity index (χ1v) is 20.0. The van der Waals surface area contributed by atoms with Gasteiger partial charge >= 0.3 is 0 Å². The highest BCUT2D eigenvalue weighted by atomic mass is 16.2. The number of carbonyl (C=O) groups is 4. The average Bonchev–Trinajstić information content (AvgIpc) is 3.78. The number of nitrogens with zero attached hydrogens (tertiary/aromatic N) is 9. The van der Waals surface area contributed by atoms with Crippen LogP contribution in [-0.2, 0) is 16.1 Å². The number of benzene rings is 2. The molecule has 2 aromatic heterocycles. The Morgan fingerprint density at radius 3 is 2.45 bits per heavy atom. The summed E-state index contributed by atoms with van der Waals surface area (Å²) < 4.78 is 2.13. The summed E-state index contributed by atoms with van der Waals surface area (Å²) in [6.07, 6.45) is 11.7. The van der Waals surface area contributed by atoms with Crippen molar-refractivity contribution in [2.75, 3.05) is 66.7 Å². The molecular formula is C40H48N12O4. The van der Waals surface area contributed by atoms with Crippen LogP contribution < -0.4 is 26.2 Å². The van der Waals surface area contributed by atoms with Crippen molar-refractivity contribution in [3.05, 3.63) is 59.5 Å². The van der Waals surface area contributed by atoms with Gasteiger partial charge in [0.2, 0.25) is 17.8 Å². The van der Waals surface area contributed by atoms with E-state index in [-0.39, 0.29) is 41.7 Å². The average molecular weight is 761 g/mol. The molecule has 1 unspecified atom stereocenters. The summed E-state index contributed by atoms with van der Waals surface area (Å²) in [6, 6.07) is 9.96. The van der Waals surface area contributed by atoms with Gasteiger partial charge in [0, 0.05) is 81.6 Å². The maximum atomic E-state index is 13.4. The Morgan fingerprint density at radius 2 is 1.70 bits per heavy atom. The summed E-state index contributed by atoms with van der Waals surface area (Å²) in [4.78, 5) is 63.5. The van der Waals surface area contributed by atoms with Crippen molar-refractivity contribution >= 4 is 57.5 Å². The third-order valence-electron chi connectivity index (χ3n) is 12.3. The van der Waals surface area contributed by atoms with E-state index in [2.05, 4.69) is 63.5 Å². The normalized spacial score (nSPS) is 21.5. The van der Waals surface area contributed by atoms with E-state index in [9.17, 15) is 19.2 Å². The zero-order valence-corrected chi connectivity index (χ0v) is 31.5. The molecule has 16 nitrogen and oxygen atoms in total. The molecule has 7 heterocycles. The summed E-state index contributed by atoms with van der Waals surface area (Å²) in [5.41, 5.74) is 11.0. The van der Waals surface area contributed by atoms with Crippen molar-refractivity contribution in [2.24, 2.45) is 5.92 Å². The maximum Gasteiger partial charge on any atom is 0.277 e. The van der Waals surface area contributed by atoms with Crippen LogP contribution in [0.5, 0.6) is 0 Å². The minimum atomic E-state index is -0.598. The number of anilines is 4. The van der Waals surface area contributed by atoms with Crippen LogP contribution in [0.2, 0.25) is 0 Å². The highest BCUT2D eigenvalue weighted by molar-refractivity contribution is 6.07. The molecule has 0 spiro atoms. The van der Waals surface area contributed by atoms with E-state index >= 15 is 0 Å². The predicted octanol–water partition coefficient (Wildman–Crippen LogP) is 3.36. The predicted molar refractivity (Wildman–Crippen MR) is 210 cm³/mol. The Kier molecular flexibility index (Phi) is 9.73. The lowest BCUT2D eigenvalue weighted by Crippen LogP contribution is -2.52. The molecule has 1 atom stereocenters. The van der Waals surface area contributed by atoms with Gasteiger partial charge < -0.3 is 30.7 Å². The number of fused-ring (bicyclic) bond motifs is 2. The lowest BCUT2D eigenvalue weighted by Gasteiger charge is -2.38. The summed E-state index contributed by atoms with van der Waals surface area (Å²) in [5, 5.41) is 19.2. The summed E-state index contributed by atoms with van der Waals surface area (Å²) in [7, 11) is 0. The molecule has 2 aromatic carbocycles. The van der Waals surface area contributed by atoms with E-state index in [0.29, 0.717) is 30.5 Å². The minimum Gasteiger partial charge on any atom is -0.371 e. The van der Waals surface area contributed by atoms with Crippen molar-refractivity contribution in [1.29, 1.82) is 0 Å². The third kappa shape index (κ3) is 7.24. The van der Waals surface area contributed by atoms with Gasteiger partial charge in [0.05, 0.1) is 29.1 Å². The van der Waals surface area contributed by atoms with Crippen molar-refractivity contribution in [1.82, 2.24) is 40.1 Å². The molecular weight excluding hydrogens is 713 g/mol. The molecule has 4 fully saturated rings. The number of hydrogen-bond acceptors (Lipinski definition) is 12. The van der Waals surface area contributed by atoms with Gasteiger partial charge in [0.25, 0.3) is 11.8 Å². The van der Waals surface area contributed by atoms with Crippen molar-refractivity contribution in [2.45, 2.75) is 76.4 Å². The zero-order chi connectivity index (χ0) is 38.3. The van der Waals surface area contributed by atoms with Crippen LogP contribution in [0.25, 0.3) is 10.9 Å². The van der Waals surface area contributed by atoms with Gasteiger partial charge in [-0.1, -0.05) is 6.07 Å². The summed E-state index contributed by atoms with van der Waals surface area (Å²) in [6.45, 7) is 7.27. The van der Waals surface area contributed by atoms with Gasteiger partial charge in [-0.05, 0) is 87.1 Å². The smallest absolute Gasteiger partial charge is 0.277 e. The monoisotopic (exact) mass is 760 g/mol. The largest absolute Gasteiger partial charge is 0.371 e. The number of piperidine rings is 4. The van der Waals surface area contributed by atoms with E-state index in [1.165, 1.54) is 12.6 Å². The van der Waals surface area contributed by atoms with Gasteiger partial charge in [-0.25, -0.2) is 4.98 Å². The van der Waals surface area contributed by atoms with E-state index in [4.69, 9.17) is 10.8 Å². The Morgan fingerprint density at radius 1 is 0.893 bits per heavy atom. The molecule has 4 N–H and O–H groups in total. The van der Waals surface area contributed by atoms with Crippen LogP contribution in [0.1, 0.15) is 90.2 Å². The fourth-order valence-corrected chi connectivity index (χ4v) is 9.18. The molecule has 4 aromatic rings. The molecule has 292 valence electrons. The van der Waals surface area contributed by atoms with Crippen LogP contribution in [0.15, 0.2) is 42.7 Å². The number of nitrogens with one attached hydrogen (secondary N) is 2. The molecule has 5 aliphatic rings. The van der Waals surface area contributed by atoms with Crippen molar-refractivity contribution in [3.8, 4) is 0 Å². The first-order valence-electron chi connectivity index (χ1n) is 20.0. The molecule has 4 amide bonds. The maximum absolute atomic E-state index is 13.4. The standard InChI is InChI=1S/C40H48N12O4/c41-40-42-21-33(45-46-40)37(54)43-32-18-27-24-52(47-31(27)20-35(32)50-12-2-1-3-13-50)28-10-14-48(15-11-28)22-25-8-16-49(17-9-25)29-5-4-26-23-51(39(56)30(26)19-29)34-6-7-36(53)44-38(34)55/h4-5,18-21,24-25,28,34H,1-3,6-17,22-23H2,(H,43,54)(H2,41,42,46)(H,44,53,55). The molecule has 0 radical (unpaired) electrons. The number of rotatable bonds is 8. The molecule has 4 saturated heterocycles. The second-order valence-corrected chi connectivity index (χ2v) is 15.9. The Hall–Kier alpha value is -5.64. The fourth-order valence-electron chi connectivity index (χ4n) is 9.18. The molecule has 9 rings (SSSR count). The van der Waals surface area contributed by atoms with E-state index in [0.717, 1.165) is 118 Å². The number of aromatic nitrogens is 5. The number of imide groups is 1. The molecule has 56 heavy (non-hydrogen) atoms. The van der Waals surface area contributed by atoms with Gasteiger partial charge in [-0.15, -0.1) is 10.2 Å². The zero-order valence-electron chi connectivity index (χ0n) is 31.5. The van der Waals surface area contributed by atoms with Crippen LogP contribution >= 0.6 is 0 Å². The third-order valence-corrected chi connectivity index (χ3v) is 12.3. The minimum absolute atomic E-state index is 0.0206. The fraction of sp³-hybridized carbons (Fsp3) is 0.500. The summed E-state index contributed by atoms with van der Waals surface area (Å²) >= 11 is 0. The molecule has 0 saturated carbocycles. The van der Waals surface area contributed by atoms with Gasteiger partial charge in [0.1, 0.15) is 6.04 Å². The van der Waals surface area contributed by atoms with Gasteiger partial charge in [-0.3, -0.25) is 29.2 Å². The number of amides is 4. The van der Waals surface area contributed by atoms with Crippen molar-refractivity contribution < 1.29 is 19.2 Å². The molecule has 0 aliphatic carbocycles. The van der Waals surface area contributed by atoms with Crippen molar-refractivity contribution in [3.63, 3.8) is 0 Å². The number of likely N-dealkylation sites (tertiary alicyclic amines) is 1. The number of nitrogens with two attached hydrogens (primary N) is 1. The molecule has 16 heteroatoms. The lowest BCUT2D eigenvalue weighted by molar-refractivity contribution is -0.136. The highest BCUT2D eigenvalue weighted by Gasteiger charge is 2.39. The summed E-state index contributed by atoms with van der Waals surface area (Å²) in [5.74, 6) is -0.528. The Bertz CT molecular complexity index is 2150. The number of carbonyl (C=O) groups excluding carboxylic acids is 4. The first-order chi connectivity index (χ1) is 27.3. The van der Waals surface area contributed by atoms with Crippen LogP contribution in [0.4, 0.5) is 23.0 Å². The quantitative estimate of drug-likeness (QED) is 0.223. The Labute approximate surface area is 324 Å². The molecule has 5 aliphatic heterocycles. The lowest BCUT2D eigenvalue weighted by atomic mass is 9.94. The second kappa shape index (κ2) is 15.1. The second-order valence-electron chi connectivity index (χ2n) is 15.9. The number of hydrogen-bond donors (Lipinski definition) is 3. The van der Waals surface area contributed by atoms with E-state index in [1.807, 2.05) is 18.2 Å². The SMILES string of the molecule is Nc1ncc(C(=O)Nc2cc3cn(C4CCN(CC5CCN(c6ccc7c(c6)C(=O)N(C6CCC(=O)NC6=O)C7)CC5)CC4)nc3cc2N2CCCCC2)nn1. The van der Waals surface area contributed by atoms with E-state index < -0.39 is 6.04 Å². The van der Waals surface area contributed by atoms with Crippen LogP contribution in [-0.4, -0.2) is 110 Å². The van der Waals surface area contributed by atoms with Gasteiger partial charge in [0.15, 0.2) is 5.69 Å². The van der Waals surface area contributed by atoms with E-state index in [1.54, 1.807) is 4.90 Å². The van der Waals surface area contributed by atoms with Crippen LogP contribution in [0, 0.1) is 5.92 Å². The number of nitrogen functional groups attached to an aromatic ring is 1. The first kappa shape index (κ1) is 36.0. The van der Waals surface area contributed by atoms with Crippen LogP contribution in [0.3, 0.4) is 0 Å². The topological polar surface area (TPSA) is 188 Å².